The van der Waals surface area contributed by atoms with E-state index in [-0.39, 0.29) is 12.4 Å². The van der Waals surface area contributed by atoms with Crippen LogP contribution in [-0.4, -0.2) is 27.9 Å². The molecule has 0 fully saturated rings. The van der Waals surface area contributed by atoms with Crippen LogP contribution < -0.4 is 9.47 Å². The summed E-state index contributed by atoms with van der Waals surface area (Å²) >= 11 is 0. The first-order valence-electron chi connectivity index (χ1n) is 6.36. The molecule has 1 aliphatic heterocycles. The lowest BCUT2D eigenvalue weighted by molar-refractivity contribution is -0.0106. The highest BCUT2D eigenvalue weighted by atomic mass is 16.5. The van der Waals surface area contributed by atoms with E-state index in [2.05, 4.69) is 4.98 Å². The number of hydrogen-bond acceptors (Lipinski definition) is 5. The standard InChI is InChI=1S/C15H15NO4/c1-9-2-4-11(7-16-9)20-14-8-19-13-5-3-10(17)6-12(13)15(14)18/h2-7,14-15,17-18H,8H2,1H3/t14-,15+/m1/s1. The smallest absolute Gasteiger partial charge is 0.163 e. The molecule has 0 aliphatic carbocycles. The summed E-state index contributed by atoms with van der Waals surface area (Å²) in [5.74, 6) is 1.23. The van der Waals surface area contributed by atoms with Gasteiger partial charge in [0.15, 0.2) is 6.10 Å². The maximum atomic E-state index is 10.3. The van der Waals surface area contributed by atoms with Crippen molar-refractivity contribution in [2.45, 2.75) is 19.1 Å². The van der Waals surface area contributed by atoms with Gasteiger partial charge in [-0.1, -0.05) is 0 Å². The van der Waals surface area contributed by atoms with Crippen molar-refractivity contribution in [3.8, 4) is 17.2 Å². The number of aliphatic hydroxyl groups is 1. The van der Waals surface area contributed by atoms with Crippen LogP contribution >= 0.6 is 0 Å². The highest BCUT2D eigenvalue weighted by Gasteiger charge is 2.31. The largest absolute Gasteiger partial charge is 0.508 e. The van der Waals surface area contributed by atoms with Crippen molar-refractivity contribution < 1.29 is 19.7 Å². The van der Waals surface area contributed by atoms with Gasteiger partial charge < -0.3 is 19.7 Å². The first-order chi connectivity index (χ1) is 9.63. The molecule has 1 aromatic heterocycles. The van der Waals surface area contributed by atoms with Crippen molar-refractivity contribution in [3.63, 3.8) is 0 Å². The van der Waals surface area contributed by atoms with Crippen LogP contribution in [0.4, 0.5) is 0 Å². The molecule has 0 radical (unpaired) electrons. The number of pyridine rings is 1. The first-order valence-corrected chi connectivity index (χ1v) is 6.36. The average molecular weight is 273 g/mol. The summed E-state index contributed by atoms with van der Waals surface area (Å²) in [6, 6.07) is 8.29. The predicted octanol–water partition coefficient (Wildman–Crippen LogP) is 1.97. The van der Waals surface area contributed by atoms with Gasteiger partial charge in [-0.25, -0.2) is 0 Å². The molecule has 1 aliphatic rings. The first kappa shape index (κ1) is 12.7. The third-order valence-corrected chi connectivity index (χ3v) is 3.24. The Morgan fingerprint density at radius 1 is 1.30 bits per heavy atom. The minimum Gasteiger partial charge on any atom is -0.508 e. The minimum absolute atomic E-state index is 0.0871. The lowest BCUT2D eigenvalue weighted by Crippen LogP contribution is -2.35. The maximum absolute atomic E-state index is 10.3. The van der Waals surface area contributed by atoms with E-state index < -0.39 is 12.2 Å². The Balaban J connectivity index is 1.81. The third-order valence-electron chi connectivity index (χ3n) is 3.24. The second kappa shape index (κ2) is 5.02. The number of phenols is 1. The number of phenolic OH excluding ortho intramolecular Hbond substituents is 1. The SMILES string of the molecule is Cc1ccc(O[C@@H]2COc3ccc(O)cc3[C@@H]2O)cn1. The van der Waals surface area contributed by atoms with E-state index in [0.29, 0.717) is 17.1 Å². The van der Waals surface area contributed by atoms with Crippen molar-refractivity contribution >= 4 is 0 Å². The van der Waals surface area contributed by atoms with Crippen LogP contribution in [-0.2, 0) is 0 Å². The van der Waals surface area contributed by atoms with Crippen molar-refractivity contribution in [1.82, 2.24) is 4.98 Å². The van der Waals surface area contributed by atoms with Gasteiger partial charge in [-0.3, -0.25) is 4.98 Å². The molecule has 104 valence electrons. The summed E-state index contributed by atoms with van der Waals surface area (Å²) in [5.41, 5.74) is 1.43. The van der Waals surface area contributed by atoms with Gasteiger partial charge in [-0.2, -0.15) is 0 Å². The van der Waals surface area contributed by atoms with E-state index in [0.717, 1.165) is 5.69 Å². The van der Waals surface area contributed by atoms with Gasteiger partial charge in [0.25, 0.3) is 0 Å². The quantitative estimate of drug-likeness (QED) is 0.875. The zero-order valence-electron chi connectivity index (χ0n) is 11.0. The number of aromatic hydroxyl groups is 1. The van der Waals surface area contributed by atoms with E-state index in [4.69, 9.17) is 9.47 Å². The van der Waals surface area contributed by atoms with Gasteiger partial charge in [0.1, 0.15) is 30.0 Å². The second-order valence-electron chi connectivity index (χ2n) is 4.77. The van der Waals surface area contributed by atoms with E-state index in [9.17, 15) is 10.2 Å². The molecule has 2 N–H and O–H groups in total. The van der Waals surface area contributed by atoms with E-state index in [1.165, 1.54) is 12.1 Å². The van der Waals surface area contributed by atoms with Crippen LogP contribution in [0.5, 0.6) is 17.2 Å². The molecule has 5 heteroatoms. The van der Waals surface area contributed by atoms with Crippen molar-refractivity contribution in [3.05, 3.63) is 47.8 Å². The summed E-state index contributed by atoms with van der Waals surface area (Å²) in [6.45, 7) is 2.13. The van der Waals surface area contributed by atoms with Crippen molar-refractivity contribution in [1.29, 1.82) is 0 Å². The number of nitrogens with zero attached hydrogens (tertiary/aromatic N) is 1. The van der Waals surface area contributed by atoms with Crippen molar-refractivity contribution in [2.24, 2.45) is 0 Å². The number of benzene rings is 1. The Labute approximate surface area is 116 Å². The summed E-state index contributed by atoms with van der Waals surface area (Å²) in [5, 5.41) is 19.8. The fourth-order valence-electron chi connectivity index (χ4n) is 2.16. The lowest BCUT2D eigenvalue weighted by Gasteiger charge is -2.30. The molecule has 20 heavy (non-hydrogen) atoms. The number of fused-ring (bicyclic) bond motifs is 1. The number of ether oxygens (including phenoxy) is 2. The Morgan fingerprint density at radius 2 is 2.15 bits per heavy atom. The van der Waals surface area contributed by atoms with Crippen LogP contribution in [0, 0.1) is 6.92 Å². The number of aromatic nitrogens is 1. The van der Waals surface area contributed by atoms with Crippen LogP contribution in [0.1, 0.15) is 17.4 Å². The Bertz CT molecular complexity index is 612. The van der Waals surface area contributed by atoms with Gasteiger partial charge in [-0.15, -0.1) is 0 Å². The van der Waals surface area contributed by atoms with Gasteiger partial charge >= 0.3 is 0 Å². The lowest BCUT2D eigenvalue weighted by atomic mass is 10.0. The molecule has 1 aromatic carbocycles. The van der Waals surface area contributed by atoms with Crippen LogP contribution in [0.15, 0.2) is 36.5 Å². The normalized spacial score (nSPS) is 20.9. The van der Waals surface area contributed by atoms with E-state index in [1.54, 1.807) is 18.3 Å². The van der Waals surface area contributed by atoms with Crippen LogP contribution in [0.25, 0.3) is 0 Å². The van der Waals surface area contributed by atoms with Gasteiger partial charge in [0.05, 0.1) is 6.20 Å². The Kier molecular flexibility index (Phi) is 3.20. The van der Waals surface area contributed by atoms with E-state index in [1.807, 2.05) is 13.0 Å². The summed E-state index contributed by atoms with van der Waals surface area (Å²) in [7, 11) is 0. The third kappa shape index (κ3) is 2.40. The Morgan fingerprint density at radius 3 is 2.90 bits per heavy atom. The molecule has 3 rings (SSSR count). The molecule has 2 heterocycles. The Hall–Kier alpha value is -2.27. The molecule has 0 spiro atoms. The molecule has 0 unspecified atom stereocenters. The molecule has 0 amide bonds. The molecule has 5 nitrogen and oxygen atoms in total. The monoisotopic (exact) mass is 273 g/mol. The van der Waals surface area contributed by atoms with Gasteiger partial charge in [0, 0.05) is 11.3 Å². The van der Waals surface area contributed by atoms with Gasteiger partial charge in [-0.05, 0) is 37.3 Å². The molecule has 0 bridgehead atoms. The average Bonchev–Trinajstić information content (AvgIpc) is 2.45. The molecule has 0 saturated heterocycles. The number of aliphatic hydroxyl groups excluding tert-OH is 1. The molecular formula is C15H15NO4. The maximum Gasteiger partial charge on any atom is 0.163 e. The predicted molar refractivity (Wildman–Crippen MR) is 72.0 cm³/mol. The zero-order valence-corrected chi connectivity index (χ0v) is 11.0. The van der Waals surface area contributed by atoms with Gasteiger partial charge in [0.2, 0.25) is 0 Å². The molecule has 2 aromatic rings. The number of rotatable bonds is 2. The summed E-state index contributed by atoms with van der Waals surface area (Å²) in [4.78, 5) is 4.14. The van der Waals surface area contributed by atoms with Crippen LogP contribution in [0.3, 0.4) is 0 Å². The number of hydrogen-bond donors (Lipinski definition) is 2. The summed E-state index contributed by atoms with van der Waals surface area (Å²) in [6.07, 6.45) is 0.223. The topological polar surface area (TPSA) is 71.8 Å². The second-order valence-corrected chi connectivity index (χ2v) is 4.77. The highest BCUT2D eigenvalue weighted by molar-refractivity contribution is 5.43. The molecule has 2 atom stereocenters. The highest BCUT2D eigenvalue weighted by Crippen LogP contribution is 2.35. The zero-order chi connectivity index (χ0) is 14.1. The summed E-state index contributed by atoms with van der Waals surface area (Å²) < 4.78 is 11.2. The van der Waals surface area contributed by atoms with Crippen LogP contribution in [0.2, 0.25) is 0 Å². The fraction of sp³-hybridized carbons (Fsp3) is 0.267. The fourth-order valence-corrected chi connectivity index (χ4v) is 2.16. The minimum atomic E-state index is -0.854. The molecule has 0 saturated carbocycles. The number of aryl methyl sites for hydroxylation is 1. The molecular weight excluding hydrogens is 258 g/mol. The van der Waals surface area contributed by atoms with Crippen molar-refractivity contribution in [2.75, 3.05) is 6.61 Å². The van der Waals surface area contributed by atoms with E-state index >= 15 is 0 Å².